The van der Waals surface area contributed by atoms with Crippen molar-refractivity contribution in [3.8, 4) is 11.5 Å². The number of rotatable bonds is 9. The molecule has 28 heavy (non-hydrogen) atoms. The van der Waals surface area contributed by atoms with Gasteiger partial charge in [0.1, 0.15) is 38.8 Å². The number of hydrogen-bond acceptors (Lipinski definition) is 5. The number of aromatic amines is 1. The Labute approximate surface area is 166 Å². The van der Waals surface area contributed by atoms with Gasteiger partial charge in [0.15, 0.2) is 11.5 Å². The standard InChI is InChI=1S/C21H29N3O4/c1-26-19-7-6-17(13-20(19)27-2)15-28-16-18(25)14-23-9-11-24(12-10-23)21-5-3-4-8-22-21/h3-8,13,18,25H,9-12,14-16H2,1-2H3/p+2/t18-/m0/s1. The molecule has 1 aromatic heterocycles. The molecule has 1 aliphatic heterocycles. The number of quaternary nitrogens is 1. The summed E-state index contributed by atoms with van der Waals surface area (Å²) in [4.78, 5) is 7.05. The van der Waals surface area contributed by atoms with Gasteiger partial charge in [-0.15, -0.1) is 0 Å². The van der Waals surface area contributed by atoms with Crippen molar-refractivity contribution < 1.29 is 29.2 Å². The Morgan fingerprint density at radius 1 is 1.11 bits per heavy atom. The molecule has 0 saturated carbocycles. The molecule has 1 saturated heterocycles. The first-order valence-electron chi connectivity index (χ1n) is 9.71. The lowest BCUT2D eigenvalue weighted by atomic mass is 10.2. The summed E-state index contributed by atoms with van der Waals surface area (Å²) < 4.78 is 16.3. The van der Waals surface area contributed by atoms with Crippen molar-refractivity contribution in [3.63, 3.8) is 0 Å². The maximum Gasteiger partial charge on any atom is 0.274 e. The van der Waals surface area contributed by atoms with Crippen LogP contribution in [0.1, 0.15) is 5.56 Å². The molecule has 1 aliphatic rings. The number of nitrogens with zero attached hydrogens (tertiary/aromatic N) is 1. The van der Waals surface area contributed by atoms with Gasteiger partial charge < -0.3 is 24.2 Å². The number of anilines is 1. The molecule has 0 radical (unpaired) electrons. The topological polar surface area (TPSA) is 69.7 Å². The van der Waals surface area contributed by atoms with Crippen LogP contribution in [0.25, 0.3) is 0 Å². The van der Waals surface area contributed by atoms with Crippen molar-refractivity contribution in [1.82, 2.24) is 0 Å². The van der Waals surface area contributed by atoms with Crippen molar-refractivity contribution in [2.45, 2.75) is 12.7 Å². The zero-order valence-corrected chi connectivity index (χ0v) is 16.7. The quantitative estimate of drug-likeness (QED) is 0.622. The predicted octanol–water partition coefficient (Wildman–Crippen LogP) is -0.199. The number of piperazine rings is 1. The Kier molecular flexibility index (Phi) is 7.47. The van der Waals surface area contributed by atoms with Gasteiger partial charge in [-0.3, -0.25) is 4.90 Å². The van der Waals surface area contributed by atoms with E-state index in [0.717, 1.165) is 37.6 Å². The summed E-state index contributed by atoms with van der Waals surface area (Å²) in [5.74, 6) is 2.53. The lowest BCUT2D eigenvalue weighted by Crippen LogP contribution is -3.16. The van der Waals surface area contributed by atoms with Crippen LogP contribution in [0, 0.1) is 0 Å². The van der Waals surface area contributed by atoms with Gasteiger partial charge in [-0.1, -0.05) is 12.1 Å². The highest BCUT2D eigenvalue weighted by Gasteiger charge is 2.27. The Morgan fingerprint density at radius 2 is 1.89 bits per heavy atom. The van der Waals surface area contributed by atoms with Gasteiger partial charge in [-0.2, -0.15) is 0 Å². The van der Waals surface area contributed by atoms with Crippen LogP contribution in [-0.2, 0) is 11.3 Å². The highest BCUT2D eigenvalue weighted by Crippen LogP contribution is 2.27. The van der Waals surface area contributed by atoms with E-state index in [1.807, 2.05) is 36.5 Å². The van der Waals surface area contributed by atoms with Crippen LogP contribution < -0.4 is 24.3 Å². The summed E-state index contributed by atoms with van der Waals surface area (Å²) in [5.41, 5.74) is 0.991. The molecule has 1 fully saturated rings. The molecule has 152 valence electrons. The van der Waals surface area contributed by atoms with E-state index in [1.165, 1.54) is 4.90 Å². The van der Waals surface area contributed by atoms with E-state index in [4.69, 9.17) is 14.2 Å². The number of nitrogens with one attached hydrogen (secondary N) is 2. The second-order valence-corrected chi connectivity index (χ2v) is 7.05. The third-order valence-electron chi connectivity index (χ3n) is 5.06. The van der Waals surface area contributed by atoms with Gasteiger partial charge in [0, 0.05) is 6.07 Å². The second-order valence-electron chi connectivity index (χ2n) is 7.05. The molecule has 0 unspecified atom stereocenters. The zero-order chi connectivity index (χ0) is 19.8. The van der Waals surface area contributed by atoms with Crippen molar-refractivity contribution in [3.05, 3.63) is 48.2 Å². The minimum atomic E-state index is -0.468. The molecule has 7 nitrogen and oxygen atoms in total. The van der Waals surface area contributed by atoms with Crippen LogP contribution in [-0.4, -0.2) is 64.8 Å². The van der Waals surface area contributed by atoms with Gasteiger partial charge >= 0.3 is 0 Å². The number of hydrogen-bond donors (Lipinski definition) is 2. The van der Waals surface area contributed by atoms with E-state index in [1.54, 1.807) is 14.2 Å². The molecule has 0 amide bonds. The van der Waals surface area contributed by atoms with E-state index in [-0.39, 0.29) is 0 Å². The van der Waals surface area contributed by atoms with Gasteiger partial charge in [0.25, 0.3) is 5.82 Å². The lowest BCUT2D eigenvalue weighted by molar-refractivity contribution is -0.903. The van der Waals surface area contributed by atoms with Crippen molar-refractivity contribution in [2.75, 3.05) is 58.5 Å². The fourth-order valence-corrected chi connectivity index (χ4v) is 3.52. The maximum absolute atomic E-state index is 10.3. The van der Waals surface area contributed by atoms with Gasteiger partial charge in [-0.05, 0) is 23.8 Å². The Hall–Kier alpha value is -2.35. The Bertz CT molecular complexity index is 721. The third kappa shape index (κ3) is 5.58. The summed E-state index contributed by atoms with van der Waals surface area (Å²) in [6, 6.07) is 11.8. The molecule has 1 aromatic carbocycles. The minimum Gasteiger partial charge on any atom is -0.493 e. The normalized spacial score (nSPS) is 16.0. The first kappa shape index (κ1) is 20.4. The number of methoxy groups -OCH3 is 2. The third-order valence-corrected chi connectivity index (χ3v) is 5.06. The van der Waals surface area contributed by atoms with Crippen molar-refractivity contribution in [1.29, 1.82) is 0 Å². The highest BCUT2D eigenvalue weighted by molar-refractivity contribution is 5.42. The van der Waals surface area contributed by atoms with Crippen LogP contribution in [0.2, 0.25) is 0 Å². The lowest BCUT2D eigenvalue weighted by Gasteiger charge is -2.29. The van der Waals surface area contributed by atoms with E-state index in [9.17, 15) is 5.11 Å². The average molecular weight is 389 g/mol. The fourth-order valence-electron chi connectivity index (χ4n) is 3.52. The number of aliphatic hydroxyl groups is 1. The number of aliphatic hydroxyl groups excluding tert-OH is 1. The van der Waals surface area contributed by atoms with Crippen LogP contribution in [0.5, 0.6) is 11.5 Å². The summed E-state index contributed by atoms with van der Waals surface area (Å²) in [5, 5.41) is 10.3. The first-order valence-corrected chi connectivity index (χ1v) is 9.71. The number of ether oxygens (including phenoxy) is 3. The molecule has 0 bridgehead atoms. The largest absolute Gasteiger partial charge is 0.493 e. The Morgan fingerprint density at radius 3 is 2.57 bits per heavy atom. The molecule has 0 spiro atoms. The smallest absolute Gasteiger partial charge is 0.274 e. The predicted molar refractivity (Wildman–Crippen MR) is 106 cm³/mol. The van der Waals surface area contributed by atoms with E-state index in [0.29, 0.717) is 31.3 Å². The monoisotopic (exact) mass is 389 g/mol. The highest BCUT2D eigenvalue weighted by atomic mass is 16.5. The maximum atomic E-state index is 10.3. The van der Waals surface area contributed by atoms with Crippen molar-refractivity contribution >= 4 is 5.82 Å². The number of pyridine rings is 1. The first-order chi connectivity index (χ1) is 13.7. The Balaban J connectivity index is 1.38. The summed E-state index contributed by atoms with van der Waals surface area (Å²) in [6.45, 7) is 5.45. The minimum absolute atomic E-state index is 0.327. The van der Waals surface area contributed by atoms with Crippen LogP contribution in [0.15, 0.2) is 42.6 Å². The number of H-pyrrole nitrogens is 1. The van der Waals surface area contributed by atoms with Gasteiger partial charge in [-0.25, -0.2) is 4.98 Å². The summed E-state index contributed by atoms with van der Waals surface area (Å²) in [7, 11) is 3.23. The molecule has 1 atom stereocenters. The molecular formula is C21H31N3O4+2. The molecule has 3 N–H and O–H groups in total. The van der Waals surface area contributed by atoms with Gasteiger partial charge in [0.05, 0.1) is 33.6 Å². The van der Waals surface area contributed by atoms with E-state index < -0.39 is 6.10 Å². The van der Waals surface area contributed by atoms with E-state index >= 15 is 0 Å². The van der Waals surface area contributed by atoms with Gasteiger partial charge in [0.2, 0.25) is 0 Å². The summed E-state index contributed by atoms with van der Waals surface area (Å²) >= 11 is 0. The average Bonchev–Trinajstić information content (AvgIpc) is 2.74. The van der Waals surface area contributed by atoms with Crippen LogP contribution >= 0.6 is 0 Å². The van der Waals surface area contributed by atoms with Crippen LogP contribution in [0.3, 0.4) is 0 Å². The second kappa shape index (κ2) is 10.3. The van der Waals surface area contributed by atoms with Crippen molar-refractivity contribution in [2.24, 2.45) is 0 Å². The number of benzene rings is 1. The molecule has 2 aromatic rings. The number of aromatic nitrogens is 1. The molecule has 7 heteroatoms. The fraction of sp³-hybridized carbons (Fsp3) is 0.476. The summed E-state index contributed by atoms with van der Waals surface area (Å²) in [6.07, 6.45) is 1.48. The SMILES string of the molecule is COc1ccc(COC[C@@H](O)C[NH+]2CCN(c3cccc[nH+]3)CC2)cc1OC. The molecular weight excluding hydrogens is 358 g/mol. The van der Waals surface area contributed by atoms with E-state index in [2.05, 4.69) is 16.0 Å². The molecule has 2 heterocycles. The molecule has 3 rings (SSSR count). The zero-order valence-electron chi connectivity index (χ0n) is 16.7. The molecule has 0 aliphatic carbocycles. The van der Waals surface area contributed by atoms with Crippen LogP contribution in [0.4, 0.5) is 5.82 Å².